The minimum absolute atomic E-state index is 0.178. The Kier molecular flexibility index (Phi) is 4.12. The molecule has 1 aromatic rings. The van der Waals surface area contributed by atoms with E-state index in [9.17, 15) is 8.42 Å². The third-order valence-electron chi connectivity index (χ3n) is 4.51. The molecule has 1 aromatic heterocycles. The average Bonchev–Trinajstić information content (AvgIpc) is 2.96. The smallest absolute Gasteiger partial charge is 0.246 e. The van der Waals surface area contributed by atoms with Crippen LogP contribution in [0.3, 0.4) is 0 Å². The van der Waals surface area contributed by atoms with E-state index in [2.05, 4.69) is 15.3 Å². The lowest BCUT2D eigenvalue weighted by atomic mass is 9.94. The number of hydrogen-bond donors (Lipinski definition) is 1. The molecule has 1 N–H and O–H groups in total. The van der Waals surface area contributed by atoms with Gasteiger partial charge in [-0.3, -0.25) is 0 Å². The topological polar surface area (TPSA) is 75.2 Å². The Balaban J connectivity index is 1.85. The lowest BCUT2D eigenvalue weighted by molar-refractivity contribution is 0.202. The third kappa shape index (κ3) is 2.76. The van der Waals surface area contributed by atoms with Crippen molar-refractivity contribution in [3.63, 3.8) is 0 Å². The van der Waals surface area contributed by atoms with E-state index in [0.717, 1.165) is 32.1 Å². The lowest BCUT2D eigenvalue weighted by Crippen LogP contribution is -2.46. The largest absolute Gasteiger partial charge is 0.355 e. The summed E-state index contributed by atoms with van der Waals surface area (Å²) in [6.07, 6.45) is 8.23. The highest BCUT2D eigenvalue weighted by molar-refractivity contribution is 7.89. The van der Waals surface area contributed by atoms with Crippen LogP contribution in [0, 0.1) is 5.92 Å². The van der Waals surface area contributed by atoms with Gasteiger partial charge in [0.2, 0.25) is 16.0 Å². The Morgan fingerprint density at radius 1 is 1.24 bits per heavy atom. The van der Waals surface area contributed by atoms with Gasteiger partial charge in [0.25, 0.3) is 0 Å². The summed E-state index contributed by atoms with van der Waals surface area (Å²) in [4.78, 5) is 8.38. The number of piperidine rings is 1. The van der Waals surface area contributed by atoms with Crippen molar-refractivity contribution in [3.05, 3.63) is 12.4 Å². The summed E-state index contributed by atoms with van der Waals surface area (Å²) in [5, 5.41) is 2.97. The van der Waals surface area contributed by atoms with Crippen LogP contribution >= 0.6 is 0 Å². The number of hydrogen-bond acceptors (Lipinski definition) is 5. The number of rotatable bonds is 4. The molecule has 0 radical (unpaired) electrons. The highest BCUT2D eigenvalue weighted by Gasteiger charge is 2.41. The molecule has 2 unspecified atom stereocenters. The summed E-state index contributed by atoms with van der Waals surface area (Å²) in [5.74, 6) is 1.00. The molecular weight excluding hydrogens is 288 g/mol. The summed E-state index contributed by atoms with van der Waals surface area (Å²) in [6.45, 7) is 3.28. The average molecular weight is 310 g/mol. The first kappa shape index (κ1) is 14.7. The van der Waals surface area contributed by atoms with E-state index in [1.165, 1.54) is 12.4 Å². The van der Waals surface area contributed by atoms with E-state index in [-0.39, 0.29) is 10.9 Å². The number of nitrogens with zero attached hydrogens (tertiary/aromatic N) is 3. The van der Waals surface area contributed by atoms with E-state index >= 15 is 0 Å². The van der Waals surface area contributed by atoms with E-state index in [0.29, 0.717) is 25.0 Å². The molecule has 6 nitrogen and oxygen atoms in total. The summed E-state index contributed by atoms with van der Waals surface area (Å²) in [5.41, 5.74) is 0. The first-order valence-corrected chi connectivity index (χ1v) is 9.14. The monoisotopic (exact) mass is 310 g/mol. The molecule has 1 aliphatic carbocycles. The van der Waals surface area contributed by atoms with Crippen molar-refractivity contribution in [3.8, 4) is 0 Å². The van der Waals surface area contributed by atoms with E-state index < -0.39 is 10.0 Å². The van der Waals surface area contributed by atoms with Gasteiger partial charge in [-0.05, 0) is 38.5 Å². The second-order valence-corrected chi connectivity index (χ2v) is 7.68. The fourth-order valence-corrected chi connectivity index (χ4v) is 5.19. The van der Waals surface area contributed by atoms with E-state index in [1.807, 2.05) is 6.92 Å². The number of aromatic nitrogens is 2. The highest BCUT2D eigenvalue weighted by atomic mass is 32.2. The molecule has 2 aliphatic rings. The third-order valence-corrected chi connectivity index (χ3v) is 6.39. The van der Waals surface area contributed by atoms with Gasteiger partial charge in [-0.2, -0.15) is 4.31 Å². The summed E-state index contributed by atoms with van der Waals surface area (Å²) in [6, 6.07) is 0.178. The van der Waals surface area contributed by atoms with Gasteiger partial charge in [0, 0.05) is 19.1 Å². The molecule has 1 saturated carbocycles. The first-order chi connectivity index (χ1) is 10.1. The molecule has 2 heterocycles. The number of nitrogens with one attached hydrogen (secondary N) is 1. The van der Waals surface area contributed by atoms with Crippen LogP contribution in [0.15, 0.2) is 17.3 Å². The molecule has 2 atom stereocenters. The van der Waals surface area contributed by atoms with Crippen molar-refractivity contribution in [2.75, 3.05) is 18.4 Å². The molecule has 0 aromatic carbocycles. The number of sulfonamides is 1. The Labute approximate surface area is 126 Å². The van der Waals surface area contributed by atoms with Gasteiger partial charge >= 0.3 is 0 Å². The van der Waals surface area contributed by atoms with E-state index in [4.69, 9.17) is 0 Å². The molecule has 2 fully saturated rings. The van der Waals surface area contributed by atoms with Crippen molar-refractivity contribution < 1.29 is 8.42 Å². The van der Waals surface area contributed by atoms with Crippen molar-refractivity contribution in [2.24, 2.45) is 5.92 Å². The predicted octanol–water partition coefficient (Wildman–Crippen LogP) is 1.86. The molecule has 0 amide bonds. The van der Waals surface area contributed by atoms with Crippen molar-refractivity contribution in [1.82, 2.24) is 14.3 Å². The van der Waals surface area contributed by atoms with Gasteiger partial charge in [-0.25, -0.2) is 18.4 Å². The summed E-state index contributed by atoms with van der Waals surface area (Å²) < 4.78 is 27.3. The van der Waals surface area contributed by atoms with Gasteiger partial charge < -0.3 is 5.32 Å². The highest BCUT2D eigenvalue weighted by Crippen LogP contribution is 2.39. The Morgan fingerprint density at radius 2 is 1.95 bits per heavy atom. The normalized spacial score (nSPS) is 26.5. The van der Waals surface area contributed by atoms with Crippen molar-refractivity contribution in [2.45, 2.75) is 50.0 Å². The number of anilines is 1. The molecule has 1 saturated heterocycles. The van der Waals surface area contributed by atoms with Gasteiger partial charge in [-0.1, -0.05) is 6.42 Å². The lowest BCUT2D eigenvalue weighted by Gasteiger charge is -2.36. The molecule has 7 heteroatoms. The first-order valence-electron chi connectivity index (χ1n) is 7.70. The zero-order valence-electron chi connectivity index (χ0n) is 12.3. The molecule has 0 spiro atoms. The van der Waals surface area contributed by atoms with E-state index in [1.54, 1.807) is 4.31 Å². The Bertz CT molecular complexity index is 587. The van der Waals surface area contributed by atoms with Crippen molar-refractivity contribution >= 4 is 16.0 Å². The summed E-state index contributed by atoms with van der Waals surface area (Å²) >= 11 is 0. The van der Waals surface area contributed by atoms with Crippen LogP contribution in [0.1, 0.15) is 39.0 Å². The Hall–Kier alpha value is -1.21. The molecule has 3 rings (SSSR count). The minimum atomic E-state index is -3.47. The van der Waals surface area contributed by atoms with Crippen LogP contribution in [0.4, 0.5) is 5.95 Å². The van der Waals surface area contributed by atoms with Crippen LogP contribution in [-0.2, 0) is 10.0 Å². The predicted molar refractivity (Wildman–Crippen MR) is 80.5 cm³/mol. The standard InChI is InChI=1S/C14H22N4O2S/c1-2-15-14-16-9-12(10-17-14)21(19,20)18-8-4-6-11-5-3-7-13(11)18/h9-11,13H,2-8H2,1H3,(H,15,16,17). The maximum atomic E-state index is 12.8. The van der Waals surface area contributed by atoms with Crippen LogP contribution in [0.25, 0.3) is 0 Å². The molecule has 21 heavy (non-hydrogen) atoms. The molecule has 1 aliphatic heterocycles. The van der Waals surface area contributed by atoms with Crippen LogP contribution < -0.4 is 5.32 Å². The zero-order valence-corrected chi connectivity index (χ0v) is 13.1. The zero-order chi connectivity index (χ0) is 14.9. The Morgan fingerprint density at radius 3 is 2.67 bits per heavy atom. The maximum absolute atomic E-state index is 12.8. The van der Waals surface area contributed by atoms with Gasteiger partial charge in [0.15, 0.2) is 0 Å². The second-order valence-electron chi connectivity index (χ2n) is 5.79. The second kappa shape index (κ2) is 5.88. The number of fused-ring (bicyclic) bond motifs is 1. The summed E-state index contributed by atoms with van der Waals surface area (Å²) in [7, 11) is -3.47. The van der Waals surface area contributed by atoms with Crippen LogP contribution in [-0.4, -0.2) is 41.8 Å². The van der Waals surface area contributed by atoms with Crippen LogP contribution in [0.2, 0.25) is 0 Å². The molecule has 116 valence electrons. The van der Waals surface area contributed by atoms with Gasteiger partial charge in [-0.15, -0.1) is 0 Å². The van der Waals surface area contributed by atoms with Crippen LogP contribution in [0.5, 0.6) is 0 Å². The molecular formula is C14H22N4O2S. The SMILES string of the molecule is CCNc1ncc(S(=O)(=O)N2CCCC3CCCC32)cn1. The van der Waals surface area contributed by atoms with Gasteiger partial charge in [0.1, 0.15) is 4.90 Å². The van der Waals surface area contributed by atoms with Crippen molar-refractivity contribution in [1.29, 1.82) is 0 Å². The molecule has 0 bridgehead atoms. The quantitative estimate of drug-likeness (QED) is 0.918. The fourth-order valence-electron chi connectivity index (χ4n) is 3.54. The van der Waals surface area contributed by atoms with Gasteiger partial charge in [0.05, 0.1) is 12.4 Å². The minimum Gasteiger partial charge on any atom is -0.355 e. The maximum Gasteiger partial charge on any atom is 0.246 e. The fraction of sp³-hybridized carbons (Fsp3) is 0.714.